The van der Waals surface area contributed by atoms with E-state index in [1.165, 1.54) is 7.11 Å². The number of benzene rings is 2. The first-order chi connectivity index (χ1) is 13.7. The molecule has 0 aliphatic heterocycles. The van der Waals surface area contributed by atoms with Crippen LogP contribution < -0.4 is 23.8 Å². The summed E-state index contributed by atoms with van der Waals surface area (Å²) in [6.07, 6.45) is 1.06. The average molecular weight is 423 g/mol. The highest BCUT2D eigenvalue weighted by Gasteiger charge is 2.21. The smallest absolute Gasteiger partial charge is 0.241 e. The number of nitrogens with one attached hydrogen (secondary N) is 1. The van der Waals surface area contributed by atoms with Gasteiger partial charge in [0.15, 0.2) is 0 Å². The number of carbonyl (C=O) groups excluding carboxylic acids is 1. The number of hydrogen-bond acceptors (Lipinski definition) is 6. The molecule has 0 spiro atoms. The Morgan fingerprint density at radius 2 is 1.45 bits per heavy atom. The molecule has 0 fully saturated rings. The van der Waals surface area contributed by atoms with Crippen LogP contribution in [0, 0.1) is 0 Å². The number of carbonyl (C=O) groups is 1. The topological polar surface area (TPSA) is 94.2 Å². The number of methoxy groups -OCH3 is 2. The lowest BCUT2D eigenvalue weighted by molar-refractivity contribution is -0.120. The van der Waals surface area contributed by atoms with Crippen LogP contribution in [0.4, 0.5) is 5.69 Å². The molecule has 9 heteroatoms. The van der Waals surface area contributed by atoms with Crippen molar-refractivity contribution in [2.75, 3.05) is 37.9 Å². The SMILES string of the molecule is COc1ccc(OC[C@@H](C)NC(=O)CN(c2ccc(OC)cc2)S(C)(=O)=O)cc1. The first-order valence-electron chi connectivity index (χ1n) is 8.91. The molecule has 0 unspecified atom stereocenters. The van der Waals surface area contributed by atoms with E-state index in [2.05, 4.69) is 5.32 Å². The molecule has 29 heavy (non-hydrogen) atoms. The van der Waals surface area contributed by atoms with E-state index in [-0.39, 0.29) is 19.2 Å². The Hall–Kier alpha value is -2.94. The van der Waals surface area contributed by atoms with Gasteiger partial charge in [0.25, 0.3) is 0 Å². The Bertz CT molecular complexity index is 898. The zero-order chi connectivity index (χ0) is 21.4. The molecule has 0 aliphatic rings. The van der Waals surface area contributed by atoms with E-state index in [1.54, 1.807) is 62.6 Å². The number of anilines is 1. The van der Waals surface area contributed by atoms with Gasteiger partial charge in [0, 0.05) is 0 Å². The Kier molecular flexibility index (Phi) is 7.72. The van der Waals surface area contributed by atoms with E-state index >= 15 is 0 Å². The molecule has 2 rings (SSSR count). The fraction of sp³-hybridized carbons (Fsp3) is 0.350. The minimum absolute atomic E-state index is 0.236. The Labute approximate surface area is 171 Å². The molecule has 158 valence electrons. The summed E-state index contributed by atoms with van der Waals surface area (Å²) < 4.78 is 41.1. The number of rotatable bonds is 10. The number of ether oxygens (including phenoxy) is 3. The van der Waals surface area contributed by atoms with Crippen molar-refractivity contribution in [3.05, 3.63) is 48.5 Å². The third kappa shape index (κ3) is 6.86. The lowest BCUT2D eigenvalue weighted by Gasteiger charge is -2.23. The minimum Gasteiger partial charge on any atom is -0.497 e. The number of amides is 1. The third-order valence-electron chi connectivity index (χ3n) is 4.01. The van der Waals surface area contributed by atoms with Gasteiger partial charge in [-0.15, -0.1) is 0 Å². The molecule has 0 aliphatic carbocycles. The van der Waals surface area contributed by atoms with Crippen molar-refractivity contribution < 1.29 is 27.4 Å². The van der Waals surface area contributed by atoms with Crippen LogP contribution in [0.5, 0.6) is 17.2 Å². The zero-order valence-electron chi connectivity index (χ0n) is 16.9. The molecule has 2 aromatic carbocycles. The summed E-state index contributed by atoms with van der Waals surface area (Å²) in [5.41, 5.74) is 0.380. The van der Waals surface area contributed by atoms with Crippen molar-refractivity contribution in [2.45, 2.75) is 13.0 Å². The van der Waals surface area contributed by atoms with Gasteiger partial charge in [-0.2, -0.15) is 0 Å². The number of sulfonamides is 1. The number of hydrogen-bond donors (Lipinski definition) is 1. The zero-order valence-corrected chi connectivity index (χ0v) is 17.7. The largest absolute Gasteiger partial charge is 0.497 e. The van der Waals surface area contributed by atoms with Crippen molar-refractivity contribution in [2.24, 2.45) is 0 Å². The predicted molar refractivity (Wildman–Crippen MR) is 111 cm³/mol. The monoisotopic (exact) mass is 422 g/mol. The summed E-state index contributed by atoms with van der Waals surface area (Å²) in [5, 5.41) is 2.75. The average Bonchev–Trinajstić information content (AvgIpc) is 2.70. The van der Waals surface area contributed by atoms with Gasteiger partial charge in [0.2, 0.25) is 15.9 Å². The van der Waals surface area contributed by atoms with Crippen LogP contribution in [-0.2, 0) is 14.8 Å². The van der Waals surface area contributed by atoms with Crippen LogP contribution in [0.25, 0.3) is 0 Å². The van der Waals surface area contributed by atoms with Crippen molar-refractivity contribution in [3.63, 3.8) is 0 Å². The van der Waals surface area contributed by atoms with Gasteiger partial charge in [-0.3, -0.25) is 9.10 Å². The van der Waals surface area contributed by atoms with Crippen LogP contribution in [0.2, 0.25) is 0 Å². The van der Waals surface area contributed by atoms with E-state index in [0.29, 0.717) is 17.2 Å². The highest BCUT2D eigenvalue weighted by molar-refractivity contribution is 7.92. The standard InChI is InChI=1S/C20H26N2O6S/c1-15(14-28-19-11-9-18(27-3)10-12-19)21-20(23)13-22(29(4,24)25)16-5-7-17(26-2)8-6-16/h5-12,15H,13-14H2,1-4H3,(H,21,23)/t15-/m1/s1. The summed E-state index contributed by atoms with van der Waals surface area (Å²) in [6, 6.07) is 13.2. The first-order valence-corrected chi connectivity index (χ1v) is 10.8. The van der Waals surface area contributed by atoms with Crippen molar-refractivity contribution in [1.29, 1.82) is 0 Å². The molecule has 0 radical (unpaired) electrons. The second-order valence-electron chi connectivity index (χ2n) is 6.42. The minimum atomic E-state index is -3.64. The highest BCUT2D eigenvalue weighted by Crippen LogP contribution is 2.21. The van der Waals surface area contributed by atoms with E-state index in [1.807, 2.05) is 0 Å². The maximum absolute atomic E-state index is 12.4. The van der Waals surface area contributed by atoms with Crippen molar-refractivity contribution >= 4 is 21.6 Å². The molecule has 0 bridgehead atoms. The normalized spacial score (nSPS) is 12.0. The molecule has 1 atom stereocenters. The van der Waals surface area contributed by atoms with Crippen LogP contribution in [0.1, 0.15) is 6.92 Å². The molecular formula is C20H26N2O6S. The van der Waals surface area contributed by atoms with Crippen molar-refractivity contribution in [3.8, 4) is 17.2 Å². The van der Waals surface area contributed by atoms with Crippen LogP contribution in [0.15, 0.2) is 48.5 Å². The van der Waals surface area contributed by atoms with Gasteiger partial charge in [0.05, 0.1) is 32.2 Å². The first kappa shape index (κ1) is 22.4. The summed E-state index contributed by atoms with van der Waals surface area (Å²) in [5.74, 6) is 1.52. The summed E-state index contributed by atoms with van der Waals surface area (Å²) in [4.78, 5) is 12.4. The van der Waals surface area contributed by atoms with E-state index in [9.17, 15) is 13.2 Å². The molecule has 0 aromatic heterocycles. The molecule has 0 saturated carbocycles. The van der Waals surface area contributed by atoms with Gasteiger partial charge in [-0.05, 0) is 55.5 Å². The van der Waals surface area contributed by atoms with E-state index < -0.39 is 15.9 Å². The lowest BCUT2D eigenvalue weighted by atomic mass is 10.3. The molecule has 2 aromatic rings. The second kappa shape index (κ2) is 10.0. The molecule has 0 heterocycles. The maximum Gasteiger partial charge on any atom is 0.241 e. The molecule has 1 N–H and O–H groups in total. The van der Waals surface area contributed by atoms with Gasteiger partial charge in [0.1, 0.15) is 30.4 Å². The van der Waals surface area contributed by atoms with Gasteiger partial charge in [-0.25, -0.2) is 8.42 Å². The molecule has 8 nitrogen and oxygen atoms in total. The fourth-order valence-corrected chi connectivity index (χ4v) is 3.39. The van der Waals surface area contributed by atoms with E-state index in [0.717, 1.165) is 16.3 Å². The van der Waals surface area contributed by atoms with Crippen LogP contribution >= 0.6 is 0 Å². The maximum atomic E-state index is 12.4. The summed E-state index contributed by atoms with van der Waals surface area (Å²) in [7, 11) is -0.539. The molecular weight excluding hydrogens is 396 g/mol. The Morgan fingerprint density at radius 1 is 0.966 bits per heavy atom. The second-order valence-corrected chi connectivity index (χ2v) is 8.33. The predicted octanol–water partition coefficient (Wildman–Crippen LogP) is 2.05. The Balaban J connectivity index is 1.94. The van der Waals surface area contributed by atoms with Crippen LogP contribution in [-0.4, -0.2) is 54.0 Å². The quantitative estimate of drug-likeness (QED) is 0.630. The summed E-state index contributed by atoms with van der Waals surface area (Å²) >= 11 is 0. The third-order valence-corrected chi connectivity index (χ3v) is 5.16. The van der Waals surface area contributed by atoms with Crippen LogP contribution in [0.3, 0.4) is 0 Å². The Morgan fingerprint density at radius 3 is 1.93 bits per heavy atom. The van der Waals surface area contributed by atoms with Gasteiger partial charge < -0.3 is 19.5 Å². The molecule has 0 saturated heterocycles. The van der Waals surface area contributed by atoms with Gasteiger partial charge in [-0.1, -0.05) is 0 Å². The highest BCUT2D eigenvalue weighted by atomic mass is 32.2. The van der Waals surface area contributed by atoms with Gasteiger partial charge >= 0.3 is 0 Å². The lowest BCUT2D eigenvalue weighted by Crippen LogP contribution is -2.44. The number of nitrogens with zero attached hydrogens (tertiary/aromatic N) is 1. The van der Waals surface area contributed by atoms with Crippen molar-refractivity contribution in [1.82, 2.24) is 5.32 Å². The summed E-state index contributed by atoms with van der Waals surface area (Å²) in [6.45, 7) is 1.68. The fourth-order valence-electron chi connectivity index (χ4n) is 2.53. The van der Waals surface area contributed by atoms with E-state index in [4.69, 9.17) is 14.2 Å². The molecule has 1 amide bonds.